The number of nitro benzene ring substituents is 1. The second-order valence-electron chi connectivity index (χ2n) is 5.03. The number of carbonyl (C=O) groups excluding carboxylic acids is 1. The molecule has 1 fully saturated rings. The second kappa shape index (κ2) is 5.90. The van der Waals surface area contributed by atoms with Crippen molar-refractivity contribution in [2.24, 2.45) is 0 Å². The minimum Gasteiger partial charge on any atom is -0.456 e. The van der Waals surface area contributed by atoms with Crippen molar-refractivity contribution in [2.75, 3.05) is 6.79 Å². The second-order valence-corrected chi connectivity index (χ2v) is 6.75. The first-order valence-corrected chi connectivity index (χ1v) is 8.17. The van der Waals surface area contributed by atoms with Gasteiger partial charge in [0, 0.05) is 12.1 Å². The molecule has 4 rings (SSSR count). The summed E-state index contributed by atoms with van der Waals surface area (Å²) in [6.45, 7) is 0.0116. The van der Waals surface area contributed by atoms with Crippen LogP contribution in [0.5, 0.6) is 11.5 Å². The number of thiocarbonyl (C=S) groups is 1. The molecule has 0 saturated carbocycles. The van der Waals surface area contributed by atoms with Crippen LogP contribution in [0.3, 0.4) is 0 Å². The summed E-state index contributed by atoms with van der Waals surface area (Å²) in [5, 5.41) is 13.8. The average molecular weight is 376 g/mol. The highest BCUT2D eigenvalue weighted by Crippen LogP contribution is 2.42. The molecule has 0 atom stereocenters. The summed E-state index contributed by atoms with van der Waals surface area (Å²) in [6, 6.07) is 6.01. The number of fused-ring (bicyclic) bond motifs is 1. The molecule has 1 saturated heterocycles. The van der Waals surface area contributed by atoms with Crippen LogP contribution in [0.4, 0.5) is 5.69 Å². The van der Waals surface area contributed by atoms with Gasteiger partial charge in [-0.1, -0.05) is 24.0 Å². The van der Waals surface area contributed by atoms with Gasteiger partial charge in [0.25, 0.3) is 11.6 Å². The van der Waals surface area contributed by atoms with Crippen molar-refractivity contribution in [1.29, 1.82) is 0 Å². The third-order valence-corrected chi connectivity index (χ3v) is 4.66. The van der Waals surface area contributed by atoms with Gasteiger partial charge in [-0.2, -0.15) is 0 Å². The maximum atomic E-state index is 11.7. The van der Waals surface area contributed by atoms with Gasteiger partial charge in [-0.25, -0.2) is 0 Å². The number of carbonyl (C=O) groups is 1. The number of rotatable bonds is 3. The van der Waals surface area contributed by atoms with Crippen LogP contribution in [0, 0.1) is 10.1 Å². The number of hydrogen-bond donors (Lipinski definition) is 1. The molecule has 10 heteroatoms. The van der Waals surface area contributed by atoms with E-state index in [4.69, 9.17) is 26.1 Å². The summed E-state index contributed by atoms with van der Waals surface area (Å²) in [5.41, 5.74) is 0.102. The van der Waals surface area contributed by atoms with Crippen LogP contribution in [-0.2, 0) is 4.79 Å². The van der Waals surface area contributed by atoms with Gasteiger partial charge < -0.3 is 19.2 Å². The Labute approximate surface area is 149 Å². The van der Waals surface area contributed by atoms with Crippen molar-refractivity contribution in [2.45, 2.75) is 0 Å². The molecule has 0 bridgehead atoms. The fourth-order valence-corrected chi connectivity index (χ4v) is 3.43. The van der Waals surface area contributed by atoms with Gasteiger partial charge in [0.1, 0.15) is 15.8 Å². The van der Waals surface area contributed by atoms with Crippen LogP contribution >= 0.6 is 24.0 Å². The first-order chi connectivity index (χ1) is 12.0. The lowest BCUT2D eigenvalue weighted by atomic mass is 10.1. The van der Waals surface area contributed by atoms with Crippen LogP contribution in [0.2, 0.25) is 0 Å². The molecule has 1 N–H and O–H groups in total. The number of benzene rings is 1. The number of ether oxygens (including phenoxy) is 2. The van der Waals surface area contributed by atoms with E-state index < -0.39 is 4.92 Å². The highest BCUT2D eigenvalue weighted by molar-refractivity contribution is 8.26. The summed E-state index contributed by atoms with van der Waals surface area (Å²) in [6.07, 6.45) is 1.53. The number of nitrogens with one attached hydrogen (secondary N) is 1. The standard InChI is InChI=1S/C15H8N2O6S2/c18-14-13(25-15(24)16-14)3-7-1-2-10(23-7)8-4-11-12(22-6-21-11)5-9(8)17(19)20/h1-5H,6H2,(H,16,18,24)/b13-3-. The fraction of sp³-hybridized carbons (Fsp3) is 0.0667. The minimum absolute atomic E-state index is 0.0116. The predicted octanol–water partition coefficient (Wildman–Crippen LogP) is 3.07. The van der Waals surface area contributed by atoms with Gasteiger partial charge in [-0.05, 0) is 12.1 Å². The third kappa shape index (κ3) is 2.85. The Kier molecular flexibility index (Phi) is 3.70. The van der Waals surface area contributed by atoms with Gasteiger partial charge in [-0.3, -0.25) is 14.9 Å². The number of amides is 1. The monoisotopic (exact) mass is 376 g/mol. The maximum Gasteiger partial charge on any atom is 0.284 e. The number of nitrogens with zero attached hydrogens (tertiary/aromatic N) is 1. The zero-order valence-corrected chi connectivity index (χ0v) is 13.9. The van der Waals surface area contributed by atoms with E-state index in [0.717, 1.165) is 11.8 Å². The van der Waals surface area contributed by atoms with Crippen LogP contribution < -0.4 is 14.8 Å². The summed E-state index contributed by atoms with van der Waals surface area (Å²) < 4.78 is 16.5. The van der Waals surface area contributed by atoms with Crippen LogP contribution in [-0.4, -0.2) is 21.9 Å². The molecular formula is C15H8N2O6S2. The first kappa shape index (κ1) is 15.7. The van der Waals surface area contributed by atoms with Crippen molar-refractivity contribution in [3.8, 4) is 22.8 Å². The first-order valence-electron chi connectivity index (χ1n) is 6.94. The lowest BCUT2D eigenvalue weighted by Crippen LogP contribution is -2.17. The Balaban J connectivity index is 1.73. The zero-order chi connectivity index (χ0) is 17.6. The molecule has 1 aromatic heterocycles. The van der Waals surface area contributed by atoms with Crippen LogP contribution in [0.25, 0.3) is 17.4 Å². The third-order valence-electron chi connectivity index (χ3n) is 3.50. The Morgan fingerprint density at radius 3 is 2.72 bits per heavy atom. The van der Waals surface area contributed by atoms with E-state index in [0.29, 0.717) is 26.5 Å². The Morgan fingerprint density at radius 1 is 1.28 bits per heavy atom. The van der Waals surface area contributed by atoms with Gasteiger partial charge in [-0.15, -0.1) is 0 Å². The number of nitro groups is 1. The largest absolute Gasteiger partial charge is 0.456 e. The summed E-state index contributed by atoms with van der Waals surface area (Å²) in [7, 11) is 0. The van der Waals surface area contributed by atoms with Crippen molar-refractivity contribution in [3.05, 3.63) is 45.0 Å². The molecule has 25 heavy (non-hydrogen) atoms. The summed E-state index contributed by atoms with van der Waals surface area (Å²) in [4.78, 5) is 22.9. The maximum absolute atomic E-state index is 11.7. The Hall–Kier alpha value is -2.85. The molecule has 0 radical (unpaired) electrons. The van der Waals surface area contributed by atoms with E-state index >= 15 is 0 Å². The summed E-state index contributed by atoms with van der Waals surface area (Å²) in [5.74, 6) is 1.08. The number of thioether (sulfide) groups is 1. The quantitative estimate of drug-likeness (QED) is 0.377. The minimum atomic E-state index is -0.517. The van der Waals surface area contributed by atoms with Crippen molar-refractivity contribution >= 4 is 46.0 Å². The summed E-state index contributed by atoms with van der Waals surface area (Å²) >= 11 is 6.05. The van der Waals surface area contributed by atoms with E-state index in [-0.39, 0.29) is 29.7 Å². The average Bonchev–Trinajstić information content (AvgIpc) is 3.27. The van der Waals surface area contributed by atoms with E-state index in [9.17, 15) is 14.9 Å². The molecule has 2 aromatic rings. The molecule has 126 valence electrons. The Bertz CT molecular complexity index is 965. The molecule has 2 aliphatic rings. The van der Waals surface area contributed by atoms with E-state index in [2.05, 4.69) is 5.32 Å². The van der Waals surface area contributed by atoms with Crippen molar-refractivity contribution in [1.82, 2.24) is 5.32 Å². The molecule has 0 unspecified atom stereocenters. The molecule has 1 amide bonds. The highest BCUT2D eigenvalue weighted by Gasteiger charge is 2.26. The Morgan fingerprint density at radius 2 is 2.04 bits per heavy atom. The van der Waals surface area contributed by atoms with Gasteiger partial charge in [0.15, 0.2) is 11.5 Å². The van der Waals surface area contributed by atoms with Crippen LogP contribution in [0.15, 0.2) is 33.6 Å². The van der Waals surface area contributed by atoms with Crippen molar-refractivity contribution in [3.63, 3.8) is 0 Å². The molecule has 1 aromatic carbocycles. The highest BCUT2D eigenvalue weighted by atomic mass is 32.2. The lowest BCUT2D eigenvalue weighted by molar-refractivity contribution is -0.384. The van der Waals surface area contributed by atoms with Crippen molar-refractivity contribution < 1.29 is 23.6 Å². The molecule has 8 nitrogen and oxygen atoms in total. The van der Waals surface area contributed by atoms with Gasteiger partial charge >= 0.3 is 0 Å². The molecule has 2 aliphatic heterocycles. The van der Waals surface area contributed by atoms with Gasteiger partial charge in [0.05, 0.1) is 21.5 Å². The molecule has 0 aliphatic carbocycles. The topological polar surface area (TPSA) is 104 Å². The lowest BCUT2D eigenvalue weighted by Gasteiger charge is -2.02. The van der Waals surface area contributed by atoms with E-state index in [1.165, 1.54) is 18.2 Å². The zero-order valence-electron chi connectivity index (χ0n) is 12.3. The fourth-order valence-electron chi connectivity index (χ4n) is 2.41. The van der Waals surface area contributed by atoms with E-state index in [1.807, 2.05) is 0 Å². The molecular weight excluding hydrogens is 368 g/mol. The SMILES string of the molecule is O=C1NC(=S)S/C1=C\c1ccc(-c2cc3c(cc2[N+](=O)[O-])OCO3)o1. The number of hydrogen-bond acceptors (Lipinski definition) is 8. The van der Waals surface area contributed by atoms with E-state index in [1.54, 1.807) is 12.1 Å². The normalized spacial score (nSPS) is 17.2. The number of furan rings is 1. The molecule has 0 spiro atoms. The van der Waals surface area contributed by atoms with Gasteiger partial charge in [0.2, 0.25) is 6.79 Å². The van der Waals surface area contributed by atoms with Crippen LogP contribution in [0.1, 0.15) is 5.76 Å². The smallest absolute Gasteiger partial charge is 0.284 e. The predicted molar refractivity (Wildman–Crippen MR) is 93.2 cm³/mol. The molecule has 3 heterocycles.